The second kappa shape index (κ2) is 6.59. The average Bonchev–Trinajstić information content (AvgIpc) is 2.08. The van der Waals surface area contributed by atoms with Crippen LogP contribution in [-0.2, 0) is 11.2 Å². The molecule has 0 aliphatic carbocycles. The second-order valence-electron chi connectivity index (χ2n) is 2.36. The van der Waals surface area contributed by atoms with E-state index < -0.39 is 0 Å². The molecule has 1 aromatic rings. The third-order valence-electron chi connectivity index (χ3n) is 1.30. The molecule has 1 aromatic carbocycles. The van der Waals surface area contributed by atoms with Crippen LogP contribution in [0.2, 0.25) is 0 Å². The highest BCUT2D eigenvalue weighted by atomic mass is 16.1. The molecule has 0 unspecified atom stereocenters. The van der Waals surface area contributed by atoms with Crippen molar-refractivity contribution in [3.05, 3.63) is 35.9 Å². The van der Waals surface area contributed by atoms with Gasteiger partial charge >= 0.3 is 0 Å². The molecule has 0 atom stereocenters. The molecule has 0 saturated carbocycles. The summed E-state index contributed by atoms with van der Waals surface area (Å²) in [7, 11) is 0. The van der Waals surface area contributed by atoms with Crippen molar-refractivity contribution in [2.75, 3.05) is 0 Å². The van der Waals surface area contributed by atoms with Gasteiger partial charge in [-0.1, -0.05) is 44.2 Å². The first-order valence-corrected chi connectivity index (χ1v) is 4.32. The molecule has 0 saturated heterocycles. The number of carbonyl (C=O) groups excluding carboxylic acids is 1. The van der Waals surface area contributed by atoms with Crippen LogP contribution in [0.25, 0.3) is 0 Å². The smallest absolute Gasteiger partial charge is 0.134 e. The van der Waals surface area contributed by atoms with Crippen LogP contribution in [0, 0.1) is 0 Å². The van der Waals surface area contributed by atoms with Gasteiger partial charge in [0.25, 0.3) is 0 Å². The molecule has 1 nitrogen and oxygen atoms in total. The standard InChI is InChI=1S/C9H10O.C2H6.H2/c1-8(10)7-9-5-3-2-4-6-9;1-2;/h2-6H,7H2,1H3;1-2H3;1H. The number of ketones is 1. The van der Waals surface area contributed by atoms with E-state index in [1.807, 2.05) is 44.2 Å². The summed E-state index contributed by atoms with van der Waals surface area (Å²) in [6.07, 6.45) is 0.556. The highest BCUT2D eigenvalue weighted by Gasteiger charge is 1.93. The van der Waals surface area contributed by atoms with Gasteiger partial charge in [0, 0.05) is 7.85 Å². The van der Waals surface area contributed by atoms with Gasteiger partial charge < -0.3 is 0 Å². The Morgan fingerprint density at radius 2 is 1.75 bits per heavy atom. The Kier molecular flexibility index (Phi) is 5.98. The summed E-state index contributed by atoms with van der Waals surface area (Å²) in [5.41, 5.74) is 1.09. The SMILES string of the molecule is CC.CC(=O)Cc1ccccc1.[HH]. The van der Waals surface area contributed by atoms with Crippen molar-refractivity contribution < 1.29 is 6.22 Å². The maximum atomic E-state index is 10.6. The zero-order valence-electron chi connectivity index (χ0n) is 8.00. The largest absolute Gasteiger partial charge is 0.300 e. The summed E-state index contributed by atoms with van der Waals surface area (Å²) in [6, 6.07) is 9.75. The van der Waals surface area contributed by atoms with Crippen LogP contribution in [0.15, 0.2) is 30.3 Å². The van der Waals surface area contributed by atoms with Gasteiger partial charge in [0.05, 0.1) is 0 Å². The zero-order chi connectivity index (χ0) is 9.40. The summed E-state index contributed by atoms with van der Waals surface area (Å²) in [5.74, 6) is 0.214. The fourth-order valence-electron chi connectivity index (χ4n) is 0.883. The summed E-state index contributed by atoms with van der Waals surface area (Å²) in [5, 5.41) is 0. The van der Waals surface area contributed by atoms with E-state index in [9.17, 15) is 4.79 Å². The summed E-state index contributed by atoms with van der Waals surface area (Å²) < 4.78 is 0. The minimum absolute atomic E-state index is 0. The van der Waals surface area contributed by atoms with E-state index in [-0.39, 0.29) is 7.21 Å². The lowest BCUT2D eigenvalue weighted by atomic mass is 10.1. The highest BCUT2D eigenvalue weighted by Crippen LogP contribution is 1.98. The maximum Gasteiger partial charge on any atom is 0.134 e. The average molecular weight is 166 g/mol. The topological polar surface area (TPSA) is 17.1 Å². The first-order chi connectivity index (χ1) is 5.79. The number of hydrogen-bond acceptors (Lipinski definition) is 1. The molecule has 0 amide bonds. The van der Waals surface area contributed by atoms with Gasteiger partial charge in [0.15, 0.2) is 0 Å². The van der Waals surface area contributed by atoms with E-state index in [1.54, 1.807) is 6.92 Å². The van der Waals surface area contributed by atoms with Crippen molar-refractivity contribution in [3.8, 4) is 0 Å². The van der Waals surface area contributed by atoms with Gasteiger partial charge in [-0.15, -0.1) is 0 Å². The number of benzene rings is 1. The molecule has 0 heterocycles. The van der Waals surface area contributed by atoms with Gasteiger partial charge in [-0.05, 0) is 12.5 Å². The summed E-state index contributed by atoms with van der Waals surface area (Å²) >= 11 is 0. The Morgan fingerprint density at radius 1 is 1.25 bits per heavy atom. The first-order valence-electron chi connectivity index (χ1n) is 4.32. The van der Waals surface area contributed by atoms with Crippen molar-refractivity contribution >= 4 is 5.78 Å². The van der Waals surface area contributed by atoms with Crippen molar-refractivity contribution in [1.82, 2.24) is 0 Å². The van der Waals surface area contributed by atoms with Crippen molar-refractivity contribution in [3.63, 3.8) is 0 Å². The van der Waals surface area contributed by atoms with Crippen LogP contribution in [0.5, 0.6) is 0 Å². The second-order valence-corrected chi connectivity index (χ2v) is 2.36. The van der Waals surface area contributed by atoms with Crippen LogP contribution in [0.3, 0.4) is 0 Å². The van der Waals surface area contributed by atoms with Crippen LogP contribution < -0.4 is 0 Å². The Hall–Kier alpha value is -1.11. The van der Waals surface area contributed by atoms with E-state index >= 15 is 0 Å². The predicted molar refractivity (Wildman–Crippen MR) is 54.3 cm³/mol. The first kappa shape index (κ1) is 10.9. The summed E-state index contributed by atoms with van der Waals surface area (Å²) in [4.78, 5) is 10.6. The van der Waals surface area contributed by atoms with Gasteiger partial charge in [0.1, 0.15) is 5.78 Å². The number of rotatable bonds is 2. The van der Waals surface area contributed by atoms with Crippen molar-refractivity contribution in [2.45, 2.75) is 27.2 Å². The quantitative estimate of drug-likeness (QED) is 0.659. The van der Waals surface area contributed by atoms with E-state index in [1.165, 1.54) is 0 Å². The minimum atomic E-state index is 0. The highest BCUT2D eigenvalue weighted by molar-refractivity contribution is 5.78. The molecule has 0 aromatic heterocycles. The van der Waals surface area contributed by atoms with Crippen molar-refractivity contribution in [1.29, 1.82) is 0 Å². The fraction of sp³-hybridized carbons (Fsp3) is 0.364. The molecule has 0 fully saturated rings. The molecule has 0 aliphatic rings. The zero-order valence-corrected chi connectivity index (χ0v) is 8.00. The van der Waals surface area contributed by atoms with Gasteiger partial charge in [-0.25, -0.2) is 0 Å². The molecule has 0 radical (unpaired) electrons. The Labute approximate surface area is 75.9 Å². The molecular weight excluding hydrogens is 148 g/mol. The molecule has 0 N–H and O–H groups in total. The number of carbonyl (C=O) groups is 1. The molecule has 0 bridgehead atoms. The Morgan fingerprint density at radius 3 is 2.17 bits per heavy atom. The third kappa shape index (κ3) is 4.67. The predicted octanol–water partition coefficient (Wildman–Crippen LogP) is 3.09. The lowest BCUT2D eigenvalue weighted by molar-refractivity contribution is -0.116. The Balaban J connectivity index is 0. The van der Waals surface area contributed by atoms with E-state index in [0.29, 0.717) is 6.42 Å². The van der Waals surface area contributed by atoms with E-state index in [4.69, 9.17) is 0 Å². The van der Waals surface area contributed by atoms with Crippen LogP contribution >= 0.6 is 0 Å². The minimum Gasteiger partial charge on any atom is -0.300 e. The normalized spacial score (nSPS) is 8.25. The van der Waals surface area contributed by atoms with E-state index in [2.05, 4.69) is 0 Å². The molecule has 0 spiro atoms. The molecule has 1 heteroatoms. The van der Waals surface area contributed by atoms with Crippen molar-refractivity contribution in [2.24, 2.45) is 0 Å². The molecular formula is C11H18O. The summed E-state index contributed by atoms with van der Waals surface area (Å²) in [6.45, 7) is 5.60. The molecule has 68 valence electrons. The monoisotopic (exact) mass is 166 g/mol. The molecule has 0 aliphatic heterocycles. The number of Topliss-reactive ketones (excluding diaryl/α,β-unsaturated/α-hetero) is 1. The van der Waals surface area contributed by atoms with Gasteiger partial charge in [0.2, 0.25) is 0 Å². The lowest BCUT2D eigenvalue weighted by Crippen LogP contribution is -1.94. The van der Waals surface area contributed by atoms with Crippen LogP contribution in [-0.4, -0.2) is 5.78 Å². The van der Waals surface area contributed by atoms with E-state index in [0.717, 1.165) is 5.56 Å². The van der Waals surface area contributed by atoms with Gasteiger partial charge in [-0.2, -0.15) is 0 Å². The fourth-order valence-corrected chi connectivity index (χ4v) is 0.883. The van der Waals surface area contributed by atoms with Crippen LogP contribution in [0.1, 0.15) is 27.8 Å². The third-order valence-corrected chi connectivity index (χ3v) is 1.30. The lowest BCUT2D eigenvalue weighted by Gasteiger charge is -1.93. The van der Waals surface area contributed by atoms with Crippen LogP contribution in [0.4, 0.5) is 0 Å². The van der Waals surface area contributed by atoms with Gasteiger partial charge in [-0.3, -0.25) is 4.79 Å². The number of hydrogen-bond donors (Lipinski definition) is 0. The molecule has 12 heavy (non-hydrogen) atoms. The Bertz CT molecular complexity index is 219. The maximum absolute atomic E-state index is 10.6. The molecule has 1 rings (SSSR count).